The first-order chi connectivity index (χ1) is 24.8. The van der Waals surface area contributed by atoms with Crippen LogP contribution in [0.2, 0.25) is 0 Å². The van der Waals surface area contributed by atoms with Gasteiger partial charge in [-0.25, -0.2) is 4.79 Å². The van der Waals surface area contributed by atoms with Crippen LogP contribution in [-0.2, 0) is 0 Å². The Hall–Kier alpha value is -4.34. The molecule has 3 N–H and O–H groups in total. The number of carboxylic acids is 1. The molecule has 52 heavy (non-hydrogen) atoms. The molecule has 0 saturated carbocycles. The van der Waals surface area contributed by atoms with E-state index in [1.807, 2.05) is 6.08 Å². The molecule has 1 heterocycles. The molecule has 1 saturated heterocycles. The summed E-state index contributed by atoms with van der Waals surface area (Å²) >= 11 is 0. The average molecular weight is 719 g/mol. The summed E-state index contributed by atoms with van der Waals surface area (Å²) in [5, 5.41) is 9.01. The lowest BCUT2D eigenvalue weighted by Gasteiger charge is -2.27. The van der Waals surface area contributed by atoms with Gasteiger partial charge in [0.05, 0.1) is 25.8 Å². The zero-order valence-corrected chi connectivity index (χ0v) is 32.9. The van der Waals surface area contributed by atoms with E-state index in [1.54, 1.807) is 31.4 Å². The van der Waals surface area contributed by atoms with Gasteiger partial charge in [0.1, 0.15) is 13.2 Å². The van der Waals surface area contributed by atoms with Crippen molar-refractivity contribution in [1.82, 2.24) is 4.90 Å². The number of likely N-dealkylation sites (N-methyl/N-ethyl adjacent to an activating group) is 1. The van der Waals surface area contributed by atoms with Crippen molar-refractivity contribution in [1.29, 1.82) is 0 Å². The molecule has 2 aromatic carbocycles. The molecule has 0 amide bonds. The van der Waals surface area contributed by atoms with E-state index in [1.165, 1.54) is 41.5 Å². The van der Waals surface area contributed by atoms with Gasteiger partial charge in [-0.3, -0.25) is 9.69 Å². The van der Waals surface area contributed by atoms with Gasteiger partial charge in [-0.05, 0) is 142 Å². The predicted molar refractivity (Wildman–Crippen MR) is 211 cm³/mol. The van der Waals surface area contributed by atoms with Crippen molar-refractivity contribution < 1.29 is 33.6 Å². The van der Waals surface area contributed by atoms with Crippen LogP contribution in [0.3, 0.4) is 0 Å². The Labute approximate surface area is 312 Å². The van der Waals surface area contributed by atoms with Crippen molar-refractivity contribution in [2.75, 3.05) is 40.5 Å². The topological polar surface area (TPSA) is 121 Å². The summed E-state index contributed by atoms with van der Waals surface area (Å²) in [5.74, 6) is 1.13. The number of aromatic carboxylic acids is 1. The van der Waals surface area contributed by atoms with Crippen molar-refractivity contribution >= 4 is 11.8 Å². The van der Waals surface area contributed by atoms with Crippen molar-refractivity contribution in [2.45, 2.75) is 99.1 Å². The van der Waals surface area contributed by atoms with Gasteiger partial charge in [0.2, 0.25) is 0 Å². The Morgan fingerprint density at radius 2 is 1.27 bits per heavy atom. The molecule has 1 aliphatic rings. The number of rotatable bonds is 19. The number of hydrogen-bond acceptors (Lipinski definition) is 8. The summed E-state index contributed by atoms with van der Waals surface area (Å²) in [7, 11) is 3.14. The lowest BCUT2D eigenvalue weighted by Crippen LogP contribution is -2.48. The molecule has 1 fully saturated rings. The molecule has 2 unspecified atom stereocenters. The number of ketones is 1. The summed E-state index contributed by atoms with van der Waals surface area (Å²) < 4.78 is 22.2. The molecule has 286 valence electrons. The number of Topliss-reactive ketones (excluding diaryl/α,β-unsaturated/α-hetero) is 1. The van der Waals surface area contributed by atoms with Crippen LogP contribution >= 0.6 is 0 Å². The first kappa shape index (κ1) is 43.8. The van der Waals surface area contributed by atoms with Crippen LogP contribution in [0.15, 0.2) is 83.0 Å². The highest BCUT2D eigenvalue weighted by molar-refractivity contribution is 6.01. The number of carboxylic acid groups (broad SMARTS) is 1. The minimum absolute atomic E-state index is 0.0405. The van der Waals surface area contributed by atoms with Gasteiger partial charge in [0, 0.05) is 11.6 Å². The van der Waals surface area contributed by atoms with E-state index in [0.717, 1.165) is 51.6 Å². The predicted octanol–water partition coefficient (Wildman–Crippen LogP) is 9.23. The lowest BCUT2D eigenvalue weighted by atomic mass is 9.96. The van der Waals surface area contributed by atoms with Crippen LogP contribution in [0.5, 0.6) is 23.0 Å². The highest BCUT2D eigenvalue weighted by atomic mass is 16.5. The average Bonchev–Trinajstić information content (AvgIpc) is 3.60. The largest absolute Gasteiger partial charge is 0.493 e. The van der Waals surface area contributed by atoms with E-state index in [9.17, 15) is 9.59 Å². The van der Waals surface area contributed by atoms with Gasteiger partial charge in [0.25, 0.3) is 0 Å². The van der Waals surface area contributed by atoms with Gasteiger partial charge in [-0.2, -0.15) is 0 Å². The Balaban J connectivity index is 0.000000378. The van der Waals surface area contributed by atoms with Crippen LogP contribution < -0.4 is 24.7 Å². The smallest absolute Gasteiger partial charge is 0.335 e. The zero-order valence-electron chi connectivity index (χ0n) is 32.9. The zero-order chi connectivity index (χ0) is 38.6. The quantitative estimate of drug-likeness (QED) is 0.108. The number of likely N-dealkylation sites (tertiary alicyclic amines) is 1. The maximum Gasteiger partial charge on any atom is 0.335 e. The van der Waals surface area contributed by atoms with E-state index in [-0.39, 0.29) is 17.4 Å². The first-order valence-corrected chi connectivity index (χ1v) is 18.3. The fourth-order valence-corrected chi connectivity index (χ4v) is 5.81. The molecule has 3 rings (SSSR count). The summed E-state index contributed by atoms with van der Waals surface area (Å²) in [4.78, 5) is 26.3. The van der Waals surface area contributed by atoms with E-state index in [4.69, 9.17) is 29.8 Å². The van der Waals surface area contributed by atoms with Crippen molar-refractivity contribution in [3.05, 3.63) is 94.1 Å². The molecule has 9 nitrogen and oxygen atoms in total. The Morgan fingerprint density at radius 1 is 0.788 bits per heavy atom. The van der Waals surface area contributed by atoms with Crippen LogP contribution in [0.1, 0.15) is 108 Å². The van der Waals surface area contributed by atoms with E-state index in [0.29, 0.717) is 41.8 Å². The highest BCUT2D eigenvalue weighted by Crippen LogP contribution is 2.30. The minimum atomic E-state index is -0.985. The van der Waals surface area contributed by atoms with Gasteiger partial charge in [-0.15, -0.1) is 0 Å². The molecular formula is C43H62N2O7. The van der Waals surface area contributed by atoms with E-state index >= 15 is 0 Å². The molecule has 0 spiro atoms. The SMILES string of the molecule is CCN1CCCC1C(N)C(=O)c1ccc(OC)c(OC/C=C(\C)CCC=C(C)C)c1.COc1ccc(C(=O)O)cc1OC/C=C(\C)CCC=C(C)C. The Kier molecular flexibility index (Phi) is 19.6. The van der Waals surface area contributed by atoms with Crippen molar-refractivity contribution in [3.8, 4) is 23.0 Å². The Morgan fingerprint density at radius 3 is 1.71 bits per heavy atom. The van der Waals surface area contributed by atoms with Gasteiger partial charge >= 0.3 is 5.97 Å². The normalized spacial score (nSPS) is 15.2. The number of carbonyl (C=O) groups is 2. The molecule has 1 aliphatic heterocycles. The summed E-state index contributed by atoms with van der Waals surface area (Å²) in [6.45, 7) is 17.4. The number of benzene rings is 2. The summed E-state index contributed by atoms with van der Waals surface area (Å²) in [6, 6.07) is 9.49. The number of hydrogen-bond donors (Lipinski definition) is 2. The lowest BCUT2D eigenvalue weighted by molar-refractivity contribution is 0.0696. The van der Waals surface area contributed by atoms with Gasteiger partial charge in [0.15, 0.2) is 28.8 Å². The standard InChI is InChI=1S/C25H38N2O3.C18H24O4/c1-6-27-15-8-11-21(27)24(26)25(28)20-12-13-22(29-5)23(17-20)30-16-14-19(4)10-7-9-18(2)3;1-13(2)6-5-7-14(3)10-11-22-17-12-15(18(19)20)8-9-16(17)21-4/h9,12-14,17,21,24H,6-8,10-11,15-16,26H2,1-5H3;6,8-10,12H,5,7,11H2,1-4H3,(H,19,20)/b19-14+;14-10+. The van der Waals surface area contributed by atoms with Crippen molar-refractivity contribution in [3.63, 3.8) is 0 Å². The number of nitrogens with two attached hydrogens (primary N) is 1. The number of nitrogens with zero attached hydrogens (tertiary/aromatic N) is 1. The second-order valence-electron chi connectivity index (χ2n) is 13.6. The van der Waals surface area contributed by atoms with Crippen LogP contribution in [-0.4, -0.2) is 74.4 Å². The molecule has 2 atom stereocenters. The summed E-state index contributed by atoms with van der Waals surface area (Å²) in [6.07, 6.45) is 14.6. The van der Waals surface area contributed by atoms with Crippen LogP contribution in [0, 0.1) is 0 Å². The third-order valence-electron chi connectivity index (χ3n) is 8.92. The minimum Gasteiger partial charge on any atom is -0.493 e. The summed E-state index contributed by atoms with van der Waals surface area (Å²) in [5.41, 5.74) is 12.3. The number of carbonyl (C=O) groups excluding carboxylic acids is 1. The number of allylic oxidation sites excluding steroid dienone is 6. The number of methoxy groups -OCH3 is 2. The molecule has 0 aliphatic carbocycles. The van der Waals surface area contributed by atoms with E-state index < -0.39 is 12.0 Å². The molecule has 2 aromatic rings. The monoisotopic (exact) mass is 718 g/mol. The van der Waals surface area contributed by atoms with E-state index in [2.05, 4.69) is 71.6 Å². The fourth-order valence-electron chi connectivity index (χ4n) is 5.81. The molecule has 0 radical (unpaired) electrons. The molecular weight excluding hydrogens is 656 g/mol. The maximum atomic E-state index is 13.0. The highest BCUT2D eigenvalue weighted by Gasteiger charge is 2.33. The fraction of sp³-hybridized carbons (Fsp3) is 0.488. The third-order valence-corrected chi connectivity index (χ3v) is 8.92. The molecule has 0 bridgehead atoms. The van der Waals surface area contributed by atoms with Gasteiger partial charge in [-0.1, -0.05) is 41.4 Å². The second-order valence-corrected chi connectivity index (χ2v) is 13.6. The Bertz CT molecular complexity index is 1570. The molecule has 9 heteroatoms. The van der Waals surface area contributed by atoms with Gasteiger partial charge < -0.3 is 29.8 Å². The van der Waals surface area contributed by atoms with Crippen molar-refractivity contribution in [2.24, 2.45) is 5.73 Å². The van der Waals surface area contributed by atoms with Crippen LogP contribution in [0.25, 0.3) is 0 Å². The molecule has 0 aromatic heterocycles. The maximum absolute atomic E-state index is 13.0. The first-order valence-electron chi connectivity index (χ1n) is 18.3. The van der Waals surface area contributed by atoms with Crippen LogP contribution in [0.4, 0.5) is 0 Å². The second kappa shape index (κ2) is 23.3. The third kappa shape index (κ3) is 15.1. The number of ether oxygens (including phenoxy) is 4.